The van der Waals surface area contributed by atoms with E-state index in [-0.39, 0.29) is 12.5 Å². The van der Waals surface area contributed by atoms with Crippen molar-refractivity contribution in [2.75, 3.05) is 6.61 Å². The molecule has 0 aromatic carbocycles. The number of aromatic amines is 1. The van der Waals surface area contributed by atoms with Gasteiger partial charge < -0.3 is 10.4 Å². The molecule has 1 amide bonds. The molecule has 0 aliphatic heterocycles. The van der Waals surface area contributed by atoms with Gasteiger partial charge in [-0.1, -0.05) is 11.8 Å². The number of nitrogens with one attached hydrogen (secondary N) is 2. The van der Waals surface area contributed by atoms with E-state index in [1.807, 2.05) is 6.92 Å². The third-order valence-corrected chi connectivity index (χ3v) is 2.68. The molecule has 2 rings (SSSR count). The number of amides is 1. The minimum atomic E-state index is -0.257. The zero-order valence-corrected chi connectivity index (χ0v) is 11.0. The lowest BCUT2D eigenvalue weighted by Gasteiger charge is -2.03. The van der Waals surface area contributed by atoms with E-state index in [0.717, 1.165) is 11.3 Å². The van der Waals surface area contributed by atoms with Crippen LogP contribution in [0.15, 0.2) is 24.5 Å². The highest BCUT2D eigenvalue weighted by molar-refractivity contribution is 5.92. The number of carbonyl (C=O) groups excluding carboxylic acids is 1. The Morgan fingerprint density at radius 1 is 1.45 bits per heavy atom. The quantitative estimate of drug-likeness (QED) is 0.703. The maximum atomic E-state index is 11.9. The summed E-state index contributed by atoms with van der Waals surface area (Å²) in [7, 11) is 0. The number of H-pyrrole nitrogens is 1. The fourth-order valence-electron chi connectivity index (χ4n) is 1.56. The second-order valence-electron chi connectivity index (χ2n) is 4.09. The Morgan fingerprint density at radius 3 is 2.90 bits per heavy atom. The Kier molecular flexibility index (Phi) is 4.47. The lowest BCUT2D eigenvalue weighted by Crippen LogP contribution is -2.23. The van der Waals surface area contributed by atoms with Crippen LogP contribution in [0.3, 0.4) is 0 Å². The normalized spacial score (nSPS) is 9.70. The first-order valence-electron chi connectivity index (χ1n) is 6.03. The van der Waals surface area contributed by atoms with Crippen molar-refractivity contribution in [3.8, 4) is 11.8 Å². The first kappa shape index (κ1) is 13.8. The third kappa shape index (κ3) is 3.43. The number of rotatable bonds is 3. The number of nitrogens with zero attached hydrogens (tertiary/aromatic N) is 2. The number of hydrogen-bond acceptors (Lipinski definition) is 4. The van der Waals surface area contributed by atoms with Crippen molar-refractivity contribution in [2.24, 2.45) is 0 Å². The Balaban J connectivity index is 1.97. The topological polar surface area (TPSA) is 90.9 Å². The molecule has 102 valence electrons. The van der Waals surface area contributed by atoms with Gasteiger partial charge in [-0.3, -0.25) is 9.89 Å². The second kappa shape index (κ2) is 6.50. The summed E-state index contributed by atoms with van der Waals surface area (Å²) in [6.45, 7) is 2.09. The van der Waals surface area contributed by atoms with Crippen molar-refractivity contribution >= 4 is 5.91 Å². The van der Waals surface area contributed by atoms with Gasteiger partial charge in [-0.15, -0.1) is 0 Å². The molecular weight excluding hydrogens is 256 g/mol. The van der Waals surface area contributed by atoms with Gasteiger partial charge in [0.05, 0.1) is 6.20 Å². The van der Waals surface area contributed by atoms with E-state index in [4.69, 9.17) is 5.11 Å². The van der Waals surface area contributed by atoms with Crippen molar-refractivity contribution in [2.45, 2.75) is 13.5 Å². The fraction of sp³-hybridized carbons (Fsp3) is 0.214. The smallest absolute Gasteiger partial charge is 0.270 e. The van der Waals surface area contributed by atoms with Gasteiger partial charge in [0.1, 0.15) is 12.3 Å². The molecule has 6 heteroatoms. The van der Waals surface area contributed by atoms with Crippen LogP contribution in [0.2, 0.25) is 0 Å². The summed E-state index contributed by atoms with van der Waals surface area (Å²) in [6.07, 6.45) is 3.18. The number of aryl methyl sites for hydroxylation is 1. The van der Waals surface area contributed by atoms with Crippen molar-refractivity contribution in [1.29, 1.82) is 0 Å². The lowest BCUT2D eigenvalue weighted by molar-refractivity contribution is 0.0946. The summed E-state index contributed by atoms with van der Waals surface area (Å²) in [5.41, 5.74) is 2.83. The van der Waals surface area contributed by atoms with E-state index in [1.165, 1.54) is 6.20 Å². The zero-order valence-electron chi connectivity index (χ0n) is 11.0. The van der Waals surface area contributed by atoms with Crippen LogP contribution in [0.5, 0.6) is 0 Å². The molecule has 0 aliphatic carbocycles. The van der Waals surface area contributed by atoms with Crippen LogP contribution in [0.4, 0.5) is 0 Å². The van der Waals surface area contributed by atoms with Crippen LogP contribution in [0.25, 0.3) is 0 Å². The van der Waals surface area contributed by atoms with E-state index in [9.17, 15) is 4.79 Å². The largest absolute Gasteiger partial charge is 0.384 e. The van der Waals surface area contributed by atoms with Crippen LogP contribution in [0, 0.1) is 18.8 Å². The molecular formula is C14H14N4O2. The molecule has 0 radical (unpaired) electrons. The van der Waals surface area contributed by atoms with Gasteiger partial charge in [0.25, 0.3) is 5.91 Å². The van der Waals surface area contributed by atoms with E-state index in [1.54, 1.807) is 18.3 Å². The van der Waals surface area contributed by atoms with Gasteiger partial charge in [0.2, 0.25) is 0 Å². The monoisotopic (exact) mass is 270 g/mol. The van der Waals surface area contributed by atoms with Crippen LogP contribution in [-0.2, 0) is 6.54 Å². The highest BCUT2D eigenvalue weighted by Crippen LogP contribution is 2.03. The fourth-order valence-corrected chi connectivity index (χ4v) is 1.56. The standard InChI is InChI=1S/C14H14N4O2/c1-10-12(9-17-18-10)8-16-14(20)13-5-4-11(7-15-13)3-2-6-19/h4-5,7,9,19H,6,8H2,1H3,(H,16,20)(H,17,18). The molecule has 0 unspecified atom stereocenters. The van der Waals surface area contributed by atoms with Gasteiger partial charge in [-0.25, -0.2) is 4.98 Å². The SMILES string of the molecule is Cc1[nH]ncc1CNC(=O)c1ccc(C#CCO)cn1. The van der Waals surface area contributed by atoms with Gasteiger partial charge in [0, 0.05) is 29.6 Å². The number of aromatic nitrogens is 3. The number of aliphatic hydroxyl groups is 1. The van der Waals surface area contributed by atoms with Crippen LogP contribution in [-0.4, -0.2) is 32.8 Å². The van der Waals surface area contributed by atoms with Gasteiger partial charge in [0.15, 0.2) is 0 Å². The first-order valence-corrected chi connectivity index (χ1v) is 6.03. The summed E-state index contributed by atoms with van der Waals surface area (Å²) >= 11 is 0. The van der Waals surface area contributed by atoms with E-state index < -0.39 is 0 Å². The highest BCUT2D eigenvalue weighted by Gasteiger charge is 2.08. The highest BCUT2D eigenvalue weighted by atomic mass is 16.2. The summed E-state index contributed by atoms with van der Waals surface area (Å²) in [4.78, 5) is 15.9. The van der Waals surface area contributed by atoms with Crippen molar-refractivity contribution in [3.05, 3.63) is 47.0 Å². The summed E-state index contributed by atoms with van der Waals surface area (Å²) in [6, 6.07) is 3.28. The maximum Gasteiger partial charge on any atom is 0.270 e. The molecule has 0 fully saturated rings. The van der Waals surface area contributed by atoms with E-state index >= 15 is 0 Å². The predicted octanol–water partition coefficient (Wildman–Crippen LogP) is 0.387. The zero-order chi connectivity index (χ0) is 14.4. The number of carbonyl (C=O) groups is 1. The molecule has 6 nitrogen and oxygen atoms in total. The average Bonchev–Trinajstić information content (AvgIpc) is 2.88. The molecule has 2 aromatic heterocycles. The van der Waals surface area contributed by atoms with Gasteiger partial charge >= 0.3 is 0 Å². The maximum absolute atomic E-state index is 11.9. The summed E-state index contributed by atoms with van der Waals surface area (Å²) in [5, 5.41) is 18.0. The third-order valence-electron chi connectivity index (χ3n) is 2.68. The van der Waals surface area contributed by atoms with Gasteiger partial charge in [-0.2, -0.15) is 5.10 Å². The van der Waals surface area contributed by atoms with Crippen molar-refractivity contribution in [3.63, 3.8) is 0 Å². The summed E-state index contributed by atoms with van der Waals surface area (Å²) in [5.74, 6) is 4.98. The minimum absolute atomic E-state index is 0.202. The molecule has 3 N–H and O–H groups in total. The molecule has 0 spiro atoms. The molecule has 0 bridgehead atoms. The lowest BCUT2D eigenvalue weighted by atomic mass is 10.2. The minimum Gasteiger partial charge on any atom is -0.384 e. The Hall–Kier alpha value is -2.65. The molecule has 20 heavy (non-hydrogen) atoms. The van der Waals surface area contributed by atoms with Crippen LogP contribution in [0.1, 0.15) is 27.3 Å². The molecule has 2 aromatic rings. The predicted molar refractivity (Wildman–Crippen MR) is 72.7 cm³/mol. The number of aliphatic hydroxyl groups excluding tert-OH is 1. The second-order valence-corrected chi connectivity index (χ2v) is 4.09. The van der Waals surface area contributed by atoms with Crippen LogP contribution >= 0.6 is 0 Å². The molecule has 0 aliphatic rings. The average molecular weight is 270 g/mol. The Bertz CT molecular complexity index is 650. The van der Waals surface area contributed by atoms with E-state index in [0.29, 0.717) is 17.8 Å². The Labute approximate surface area is 116 Å². The van der Waals surface area contributed by atoms with E-state index in [2.05, 4.69) is 32.3 Å². The van der Waals surface area contributed by atoms with Crippen molar-refractivity contribution < 1.29 is 9.90 Å². The molecule has 2 heterocycles. The van der Waals surface area contributed by atoms with Gasteiger partial charge in [-0.05, 0) is 19.1 Å². The number of pyridine rings is 1. The number of hydrogen-bond donors (Lipinski definition) is 3. The summed E-state index contributed by atoms with van der Waals surface area (Å²) < 4.78 is 0. The molecule has 0 atom stereocenters. The molecule has 0 saturated carbocycles. The Morgan fingerprint density at radius 2 is 2.30 bits per heavy atom. The first-order chi connectivity index (χ1) is 9.70. The van der Waals surface area contributed by atoms with Crippen molar-refractivity contribution in [1.82, 2.24) is 20.5 Å². The molecule has 0 saturated heterocycles. The van der Waals surface area contributed by atoms with Crippen LogP contribution < -0.4 is 5.32 Å².